The molecule has 110 valence electrons. The largest absolute Gasteiger partial charge is 0.481 e. The number of carbonyl (C=O) groups is 2. The van der Waals surface area contributed by atoms with E-state index in [1.165, 1.54) is 5.56 Å². The van der Waals surface area contributed by atoms with E-state index < -0.39 is 5.97 Å². The van der Waals surface area contributed by atoms with Gasteiger partial charge < -0.3 is 10.4 Å². The Labute approximate surface area is 120 Å². The van der Waals surface area contributed by atoms with E-state index in [1.54, 1.807) is 0 Å². The van der Waals surface area contributed by atoms with Crippen molar-refractivity contribution in [3.8, 4) is 0 Å². The van der Waals surface area contributed by atoms with Crippen molar-refractivity contribution in [3.05, 3.63) is 35.9 Å². The van der Waals surface area contributed by atoms with Crippen molar-refractivity contribution in [2.75, 3.05) is 6.54 Å². The van der Waals surface area contributed by atoms with Crippen molar-refractivity contribution >= 4 is 11.9 Å². The number of aliphatic carboxylic acids is 1. The first kappa shape index (κ1) is 16.2. The van der Waals surface area contributed by atoms with Gasteiger partial charge in [-0.15, -0.1) is 0 Å². The van der Waals surface area contributed by atoms with Gasteiger partial charge in [-0.05, 0) is 23.8 Å². The molecule has 1 aromatic carbocycles. The fraction of sp³-hybridized carbons (Fsp3) is 0.500. The van der Waals surface area contributed by atoms with Gasteiger partial charge in [-0.2, -0.15) is 0 Å². The first-order valence-corrected chi connectivity index (χ1v) is 7.04. The van der Waals surface area contributed by atoms with Gasteiger partial charge in [-0.25, -0.2) is 0 Å². The number of amides is 1. The molecule has 0 aliphatic heterocycles. The van der Waals surface area contributed by atoms with Gasteiger partial charge in [0.15, 0.2) is 0 Å². The second kappa shape index (κ2) is 8.35. The molecule has 0 aliphatic carbocycles. The minimum absolute atomic E-state index is 0.0158. The molecule has 1 amide bonds. The molecule has 0 saturated carbocycles. The van der Waals surface area contributed by atoms with E-state index in [9.17, 15) is 9.59 Å². The van der Waals surface area contributed by atoms with Gasteiger partial charge in [0.2, 0.25) is 5.91 Å². The molecule has 0 aliphatic rings. The van der Waals surface area contributed by atoms with E-state index in [4.69, 9.17) is 5.11 Å². The Bertz CT molecular complexity index is 429. The van der Waals surface area contributed by atoms with Crippen molar-refractivity contribution < 1.29 is 14.7 Å². The topological polar surface area (TPSA) is 66.4 Å². The lowest BCUT2D eigenvalue weighted by atomic mass is 9.85. The van der Waals surface area contributed by atoms with Crippen LogP contribution < -0.4 is 5.32 Å². The number of hydrogen-bond acceptors (Lipinski definition) is 2. The summed E-state index contributed by atoms with van der Waals surface area (Å²) in [5, 5.41) is 11.3. The minimum Gasteiger partial charge on any atom is -0.481 e. The summed E-state index contributed by atoms with van der Waals surface area (Å²) in [4.78, 5) is 22.3. The van der Waals surface area contributed by atoms with Crippen LogP contribution in [0, 0.1) is 5.92 Å². The molecule has 1 aromatic rings. The molecule has 0 radical (unpaired) electrons. The van der Waals surface area contributed by atoms with Gasteiger partial charge in [-0.3, -0.25) is 9.59 Å². The third-order valence-electron chi connectivity index (χ3n) is 3.33. The molecular weight excluding hydrogens is 254 g/mol. The summed E-state index contributed by atoms with van der Waals surface area (Å²) in [7, 11) is 0. The van der Waals surface area contributed by atoms with E-state index in [2.05, 4.69) is 19.2 Å². The average molecular weight is 277 g/mol. The number of carbonyl (C=O) groups excluding carboxylic acids is 1. The highest BCUT2D eigenvalue weighted by molar-refractivity contribution is 5.77. The Morgan fingerprint density at radius 1 is 1.20 bits per heavy atom. The maximum absolute atomic E-state index is 11.9. The van der Waals surface area contributed by atoms with Crippen molar-refractivity contribution in [1.82, 2.24) is 5.32 Å². The van der Waals surface area contributed by atoms with Crippen LogP contribution >= 0.6 is 0 Å². The predicted octanol–water partition coefficient (Wildman–Crippen LogP) is 2.80. The summed E-state index contributed by atoms with van der Waals surface area (Å²) in [5.41, 5.74) is 1.17. The van der Waals surface area contributed by atoms with Crippen LogP contribution in [-0.4, -0.2) is 23.5 Å². The fourth-order valence-electron chi connectivity index (χ4n) is 2.18. The second-order valence-electron chi connectivity index (χ2n) is 5.31. The normalized spacial score (nSPS) is 12.2. The summed E-state index contributed by atoms with van der Waals surface area (Å²) in [6.07, 6.45) is 1.00. The molecule has 0 heterocycles. The standard InChI is InChI=1S/C16H23NO3/c1-12(2)14(13-7-4-3-5-8-13)11-15(18)17-10-6-9-16(19)20/h3-5,7-8,12,14H,6,9-11H2,1-2H3,(H,17,18)(H,19,20). The van der Waals surface area contributed by atoms with Crippen LogP contribution in [0.25, 0.3) is 0 Å². The Morgan fingerprint density at radius 3 is 2.40 bits per heavy atom. The Hall–Kier alpha value is -1.84. The van der Waals surface area contributed by atoms with Crippen LogP contribution in [0.5, 0.6) is 0 Å². The highest BCUT2D eigenvalue weighted by atomic mass is 16.4. The Kier molecular flexibility index (Phi) is 6.77. The third-order valence-corrected chi connectivity index (χ3v) is 3.33. The van der Waals surface area contributed by atoms with Crippen LogP contribution in [0.2, 0.25) is 0 Å². The van der Waals surface area contributed by atoms with Gasteiger partial charge >= 0.3 is 5.97 Å². The summed E-state index contributed by atoms with van der Waals surface area (Å²) in [5.74, 6) is -0.278. The van der Waals surface area contributed by atoms with Gasteiger partial charge in [0.25, 0.3) is 0 Å². The molecule has 4 nitrogen and oxygen atoms in total. The maximum atomic E-state index is 11.9. The highest BCUT2D eigenvalue weighted by Gasteiger charge is 2.19. The molecule has 1 rings (SSSR count). The zero-order valence-electron chi connectivity index (χ0n) is 12.1. The molecule has 2 N–H and O–H groups in total. The van der Waals surface area contributed by atoms with E-state index in [0.29, 0.717) is 25.3 Å². The lowest BCUT2D eigenvalue weighted by Gasteiger charge is -2.21. The van der Waals surface area contributed by atoms with E-state index >= 15 is 0 Å². The van der Waals surface area contributed by atoms with Crippen molar-refractivity contribution in [3.63, 3.8) is 0 Å². The van der Waals surface area contributed by atoms with Gasteiger partial charge in [0.05, 0.1) is 0 Å². The number of carboxylic acid groups (broad SMARTS) is 1. The summed E-state index contributed by atoms with van der Waals surface area (Å²) >= 11 is 0. The van der Waals surface area contributed by atoms with E-state index in [0.717, 1.165) is 0 Å². The second-order valence-corrected chi connectivity index (χ2v) is 5.31. The highest BCUT2D eigenvalue weighted by Crippen LogP contribution is 2.27. The van der Waals surface area contributed by atoms with E-state index in [1.807, 2.05) is 30.3 Å². The maximum Gasteiger partial charge on any atom is 0.303 e. The van der Waals surface area contributed by atoms with Crippen molar-refractivity contribution in [1.29, 1.82) is 0 Å². The number of rotatable bonds is 8. The molecule has 0 saturated heterocycles. The summed E-state index contributed by atoms with van der Waals surface area (Å²) in [6.45, 7) is 4.63. The quantitative estimate of drug-likeness (QED) is 0.718. The van der Waals surface area contributed by atoms with Crippen molar-refractivity contribution in [2.24, 2.45) is 5.92 Å². The molecule has 1 unspecified atom stereocenters. The number of nitrogens with one attached hydrogen (secondary N) is 1. The number of hydrogen-bond donors (Lipinski definition) is 2. The zero-order valence-corrected chi connectivity index (χ0v) is 12.1. The predicted molar refractivity (Wildman–Crippen MR) is 78.5 cm³/mol. The number of benzene rings is 1. The molecule has 0 bridgehead atoms. The molecule has 1 atom stereocenters. The first-order valence-electron chi connectivity index (χ1n) is 7.04. The van der Waals surface area contributed by atoms with Crippen LogP contribution in [0.3, 0.4) is 0 Å². The van der Waals surface area contributed by atoms with Crippen LogP contribution in [0.1, 0.15) is 44.6 Å². The molecule has 0 fully saturated rings. The minimum atomic E-state index is -0.830. The van der Waals surface area contributed by atoms with Crippen LogP contribution in [0.15, 0.2) is 30.3 Å². The lowest BCUT2D eigenvalue weighted by Crippen LogP contribution is -2.27. The fourth-order valence-corrected chi connectivity index (χ4v) is 2.18. The van der Waals surface area contributed by atoms with Gasteiger partial charge in [0, 0.05) is 19.4 Å². The lowest BCUT2D eigenvalue weighted by molar-refractivity contribution is -0.137. The Morgan fingerprint density at radius 2 is 1.85 bits per heavy atom. The molecular formula is C16H23NO3. The molecule has 0 aromatic heterocycles. The SMILES string of the molecule is CC(C)C(CC(=O)NCCCC(=O)O)c1ccccc1. The summed E-state index contributed by atoms with van der Waals surface area (Å²) in [6, 6.07) is 10.0. The molecule has 4 heteroatoms. The monoisotopic (exact) mass is 277 g/mol. The smallest absolute Gasteiger partial charge is 0.303 e. The van der Waals surface area contributed by atoms with E-state index in [-0.39, 0.29) is 18.2 Å². The summed E-state index contributed by atoms with van der Waals surface area (Å²) < 4.78 is 0. The van der Waals surface area contributed by atoms with Gasteiger partial charge in [-0.1, -0.05) is 44.2 Å². The molecule has 20 heavy (non-hydrogen) atoms. The third kappa shape index (κ3) is 5.87. The van der Waals surface area contributed by atoms with Crippen LogP contribution in [-0.2, 0) is 9.59 Å². The molecule has 0 spiro atoms. The first-order chi connectivity index (χ1) is 9.50. The van der Waals surface area contributed by atoms with Crippen LogP contribution in [0.4, 0.5) is 0 Å². The number of carboxylic acids is 1. The van der Waals surface area contributed by atoms with Crippen molar-refractivity contribution in [2.45, 2.75) is 39.0 Å². The average Bonchev–Trinajstić information content (AvgIpc) is 2.41. The zero-order chi connectivity index (χ0) is 15.0. The Balaban J connectivity index is 2.46. The van der Waals surface area contributed by atoms with Gasteiger partial charge in [0.1, 0.15) is 0 Å².